The Kier molecular flexibility index (Phi) is 6.70. The van der Waals surface area contributed by atoms with Gasteiger partial charge in [-0.25, -0.2) is 0 Å². The highest BCUT2D eigenvalue weighted by Gasteiger charge is 2.26. The van der Waals surface area contributed by atoms with Gasteiger partial charge < -0.3 is 19.4 Å². The molecule has 0 radical (unpaired) electrons. The molecular formula is C16H27NO4. The molecule has 0 unspecified atom stereocenters. The molecule has 0 aliphatic carbocycles. The quantitative estimate of drug-likeness (QED) is 0.805. The van der Waals surface area contributed by atoms with Gasteiger partial charge in [-0.05, 0) is 37.9 Å². The number of rotatable bonds is 7. The molecule has 1 aliphatic rings. The van der Waals surface area contributed by atoms with E-state index in [4.69, 9.17) is 9.15 Å². The Balaban J connectivity index is 1.94. The monoisotopic (exact) mass is 297 g/mol. The number of aliphatic hydroxyl groups is 2. The Labute approximate surface area is 126 Å². The third kappa shape index (κ3) is 5.11. The number of hydrogen-bond acceptors (Lipinski definition) is 5. The highest BCUT2D eigenvalue weighted by molar-refractivity contribution is 5.02. The minimum Gasteiger partial charge on any atom is -0.467 e. The van der Waals surface area contributed by atoms with Crippen LogP contribution in [0, 0.1) is 0 Å². The number of likely N-dealkylation sites (tertiary alicyclic amines) is 1. The van der Waals surface area contributed by atoms with E-state index >= 15 is 0 Å². The van der Waals surface area contributed by atoms with Gasteiger partial charge in [0.2, 0.25) is 0 Å². The number of hydrogen-bond donors (Lipinski definition) is 2. The van der Waals surface area contributed by atoms with Crippen molar-refractivity contribution in [2.75, 3.05) is 26.8 Å². The molecule has 2 N–H and O–H groups in total. The molecule has 0 saturated carbocycles. The van der Waals surface area contributed by atoms with Crippen molar-refractivity contribution in [3.63, 3.8) is 0 Å². The van der Waals surface area contributed by atoms with E-state index in [2.05, 4.69) is 4.90 Å². The first-order valence-corrected chi connectivity index (χ1v) is 7.83. The van der Waals surface area contributed by atoms with Crippen molar-refractivity contribution in [3.05, 3.63) is 24.2 Å². The topological polar surface area (TPSA) is 66.1 Å². The standard InChI is InChI=1S/C16H27NO4/c1-20-12-14(18)11-17-8-4-2-3-6-13(17)10-15(19)16-7-5-9-21-16/h5,7,9,13-15,18-19H,2-4,6,8,10-12H2,1H3/t13-,14+,15+/m0/s1. The molecule has 5 nitrogen and oxygen atoms in total. The van der Waals surface area contributed by atoms with E-state index in [0.717, 1.165) is 19.4 Å². The lowest BCUT2D eigenvalue weighted by atomic mass is 10.0. The molecule has 1 saturated heterocycles. The van der Waals surface area contributed by atoms with Gasteiger partial charge in [0.05, 0.1) is 19.0 Å². The van der Waals surface area contributed by atoms with Crippen molar-refractivity contribution in [2.45, 2.75) is 50.4 Å². The van der Waals surface area contributed by atoms with Crippen molar-refractivity contribution in [3.8, 4) is 0 Å². The van der Waals surface area contributed by atoms with Gasteiger partial charge in [-0.15, -0.1) is 0 Å². The predicted molar refractivity (Wildman–Crippen MR) is 80.0 cm³/mol. The van der Waals surface area contributed by atoms with Gasteiger partial charge in [0, 0.05) is 19.7 Å². The third-order valence-corrected chi connectivity index (χ3v) is 4.17. The second-order valence-electron chi connectivity index (χ2n) is 5.87. The van der Waals surface area contributed by atoms with E-state index in [0.29, 0.717) is 25.3 Å². The number of ether oxygens (including phenoxy) is 1. The lowest BCUT2D eigenvalue weighted by Crippen LogP contribution is -2.42. The lowest BCUT2D eigenvalue weighted by molar-refractivity contribution is 0.0161. The molecule has 1 fully saturated rings. The Morgan fingerprint density at radius 1 is 1.38 bits per heavy atom. The van der Waals surface area contributed by atoms with Crippen LogP contribution in [0.2, 0.25) is 0 Å². The van der Waals surface area contributed by atoms with Gasteiger partial charge in [-0.2, -0.15) is 0 Å². The first-order valence-electron chi connectivity index (χ1n) is 7.83. The lowest BCUT2D eigenvalue weighted by Gasteiger charge is -2.32. The summed E-state index contributed by atoms with van der Waals surface area (Å²) in [6, 6.07) is 3.89. The Bertz CT molecular complexity index is 382. The minimum absolute atomic E-state index is 0.277. The highest BCUT2D eigenvalue weighted by atomic mass is 16.5. The van der Waals surface area contributed by atoms with Crippen LogP contribution in [0.4, 0.5) is 0 Å². The van der Waals surface area contributed by atoms with Crippen LogP contribution >= 0.6 is 0 Å². The maximum Gasteiger partial charge on any atom is 0.132 e. The fraction of sp³-hybridized carbons (Fsp3) is 0.750. The summed E-state index contributed by atoms with van der Waals surface area (Å²) in [6.07, 6.45) is 5.77. The first-order chi connectivity index (χ1) is 10.2. The number of furan rings is 1. The molecule has 0 aromatic carbocycles. The van der Waals surface area contributed by atoms with Gasteiger partial charge in [0.1, 0.15) is 11.9 Å². The summed E-state index contributed by atoms with van der Waals surface area (Å²) >= 11 is 0. The number of nitrogens with zero attached hydrogens (tertiary/aromatic N) is 1. The van der Waals surface area contributed by atoms with Crippen molar-refractivity contribution >= 4 is 0 Å². The molecule has 3 atom stereocenters. The maximum absolute atomic E-state index is 10.3. The van der Waals surface area contributed by atoms with Crippen LogP contribution in [-0.4, -0.2) is 54.1 Å². The van der Waals surface area contributed by atoms with Crippen molar-refractivity contribution < 1.29 is 19.4 Å². The second kappa shape index (κ2) is 8.54. The zero-order chi connectivity index (χ0) is 15.1. The molecule has 0 bridgehead atoms. The number of methoxy groups -OCH3 is 1. The number of β-amino-alcohol motifs (C(OH)–C–C–N with tert-alkyl or cyclic N) is 1. The van der Waals surface area contributed by atoms with Crippen LogP contribution in [-0.2, 0) is 4.74 Å². The van der Waals surface area contributed by atoms with Crippen LogP contribution in [0.25, 0.3) is 0 Å². The van der Waals surface area contributed by atoms with E-state index in [1.165, 1.54) is 12.8 Å². The predicted octanol–water partition coefficient (Wildman–Crippen LogP) is 1.96. The van der Waals surface area contributed by atoms with Crippen LogP contribution in [0.3, 0.4) is 0 Å². The summed E-state index contributed by atoms with van der Waals surface area (Å²) in [6.45, 7) is 1.92. The van der Waals surface area contributed by atoms with Gasteiger partial charge in [0.25, 0.3) is 0 Å². The van der Waals surface area contributed by atoms with Crippen LogP contribution in [0.15, 0.2) is 22.8 Å². The molecule has 5 heteroatoms. The average molecular weight is 297 g/mol. The van der Waals surface area contributed by atoms with Crippen LogP contribution < -0.4 is 0 Å². The largest absolute Gasteiger partial charge is 0.467 e. The van der Waals surface area contributed by atoms with E-state index in [1.54, 1.807) is 19.4 Å². The van der Waals surface area contributed by atoms with Crippen molar-refractivity contribution in [1.29, 1.82) is 0 Å². The summed E-state index contributed by atoms with van der Waals surface area (Å²) in [4.78, 5) is 2.29. The zero-order valence-electron chi connectivity index (χ0n) is 12.8. The molecule has 0 amide bonds. The van der Waals surface area contributed by atoms with Crippen molar-refractivity contribution in [2.24, 2.45) is 0 Å². The van der Waals surface area contributed by atoms with Gasteiger partial charge in [-0.1, -0.05) is 12.8 Å². The average Bonchev–Trinajstić information content (AvgIpc) is 2.91. The van der Waals surface area contributed by atoms with Crippen LogP contribution in [0.5, 0.6) is 0 Å². The van der Waals surface area contributed by atoms with E-state index in [1.807, 2.05) is 6.07 Å². The Hall–Kier alpha value is -0.880. The molecule has 21 heavy (non-hydrogen) atoms. The molecule has 1 aromatic rings. The van der Waals surface area contributed by atoms with E-state index in [9.17, 15) is 10.2 Å². The highest BCUT2D eigenvalue weighted by Crippen LogP contribution is 2.26. The fourth-order valence-electron chi connectivity index (χ4n) is 3.11. The minimum atomic E-state index is -0.579. The summed E-state index contributed by atoms with van der Waals surface area (Å²) in [7, 11) is 1.60. The molecule has 1 aliphatic heterocycles. The smallest absolute Gasteiger partial charge is 0.132 e. The molecule has 120 valence electrons. The SMILES string of the molecule is COC[C@H](O)CN1CCCCC[C@H]1C[C@@H](O)c1ccco1. The maximum atomic E-state index is 10.3. The van der Waals surface area contributed by atoms with Gasteiger partial charge in [0.15, 0.2) is 0 Å². The first kappa shape index (κ1) is 16.5. The van der Waals surface area contributed by atoms with Crippen molar-refractivity contribution in [1.82, 2.24) is 4.90 Å². The van der Waals surface area contributed by atoms with E-state index < -0.39 is 12.2 Å². The molecular weight excluding hydrogens is 270 g/mol. The summed E-state index contributed by atoms with van der Waals surface area (Å²) in [5.41, 5.74) is 0. The van der Waals surface area contributed by atoms with Crippen LogP contribution in [0.1, 0.15) is 44.0 Å². The van der Waals surface area contributed by atoms with E-state index in [-0.39, 0.29) is 6.04 Å². The fourth-order valence-corrected chi connectivity index (χ4v) is 3.11. The summed E-state index contributed by atoms with van der Waals surface area (Å²) in [5, 5.41) is 20.3. The third-order valence-electron chi connectivity index (χ3n) is 4.17. The zero-order valence-corrected chi connectivity index (χ0v) is 12.8. The molecule has 1 aromatic heterocycles. The summed E-state index contributed by atoms with van der Waals surface area (Å²) in [5.74, 6) is 0.622. The van der Waals surface area contributed by atoms with Gasteiger partial charge >= 0.3 is 0 Å². The summed E-state index contributed by atoms with van der Waals surface area (Å²) < 4.78 is 10.3. The molecule has 2 rings (SSSR count). The molecule has 2 heterocycles. The Morgan fingerprint density at radius 3 is 2.95 bits per heavy atom. The normalized spacial score (nSPS) is 23.7. The Morgan fingerprint density at radius 2 is 2.24 bits per heavy atom. The molecule has 0 spiro atoms. The van der Waals surface area contributed by atoms with Gasteiger partial charge in [-0.3, -0.25) is 4.90 Å². The second-order valence-corrected chi connectivity index (χ2v) is 5.87. The number of aliphatic hydroxyl groups excluding tert-OH is 2.